The molecule has 0 heterocycles. The van der Waals surface area contributed by atoms with Gasteiger partial charge in [-0.1, -0.05) is 0 Å². The molecule has 0 radical (unpaired) electrons. The molecule has 0 saturated carbocycles. The topological polar surface area (TPSA) is 112 Å². The summed E-state index contributed by atoms with van der Waals surface area (Å²) in [5, 5.41) is 14.8. The lowest BCUT2D eigenvalue weighted by atomic mass is 10.1. The van der Waals surface area contributed by atoms with E-state index in [1.54, 1.807) is 18.2 Å². The summed E-state index contributed by atoms with van der Waals surface area (Å²) in [6, 6.07) is 9.00. The maximum Gasteiger partial charge on any atom is 0.275 e. The number of hydrogen-bond donors (Lipinski definition) is 1. The van der Waals surface area contributed by atoms with Gasteiger partial charge in [0.15, 0.2) is 11.5 Å². The number of nitro groups is 1. The summed E-state index contributed by atoms with van der Waals surface area (Å²) in [5.41, 5.74) is 2.80. The van der Waals surface area contributed by atoms with E-state index in [4.69, 9.17) is 14.2 Å². The molecule has 28 heavy (non-hydrogen) atoms. The largest absolute Gasteiger partial charge is 0.496 e. The molecule has 0 unspecified atom stereocenters. The lowest BCUT2D eigenvalue weighted by Crippen LogP contribution is -2.18. The van der Waals surface area contributed by atoms with Gasteiger partial charge in [-0.2, -0.15) is 5.10 Å². The Morgan fingerprint density at radius 1 is 1.11 bits per heavy atom. The summed E-state index contributed by atoms with van der Waals surface area (Å²) in [6.07, 6.45) is 1.43. The van der Waals surface area contributed by atoms with E-state index in [1.807, 2.05) is 13.8 Å². The van der Waals surface area contributed by atoms with Crippen LogP contribution in [-0.2, 0) is 0 Å². The van der Waals surface area contributed by atoms with Crippen LogP contribution in [0.4, 0.5) is 5.69 Å². The number of rotatable bonds is 9. The Bertz CT molecular complexity index is 882. The van der Waals surface area contributed by atoms with E-state index in [1.165, 1.54) is 25.5 Å². The van der Waals surface area contributed by atoms with Crippen LogP contribution < -0.4 is 19.6 Å². The van der Waals surface area contributed by atoms with E-state index in [0.29, 0.717) is 30.3 Å². The summed E-state index contributed by atoms with van der Waals surface area (Å²) in [5.74, 6) is 0.762. The van der Waals surface area contributed by atoms with Crippen molar-refractivity contribution in [2.45, 2.75) is 13.8 Å². The van der Waals surface area contributed by atoms with Crippen molar-refractivity contribution in [1.82, 2.24) is 5.43 Å². The number of non-ortho nitro benzene ring substituents is 1. The normalized spacial score (nSPS) is 10.5. The monoisotopic (exact) mass is 387 g/mol. The zero-order valence-electron chi connectivity index (χ0n) is 15.8. The third-order valence-corrected chi connectivity index (χ3v) is 3.59. The van der Waals surface area contributed by atoms with Gasteiger partial charge in [0.05, 0.1) is 37.0 Å². The first kappa shape index (κ1) is 20.7. The lowest BCUT2D eigenvalue weighted by Gasteiger charge is -2.11. The number of hydrazone groups is 1. The first-order valence-electron chi connectivity index (χ1n) is 8.55. The van der Waals surface area contributed by atoms with E-state index in [0.717, 1.165) is 6.07 Å². The van der Waals surface area contributed by atoms with Gasteiger partial charge in [0.2, 0.25) is 0 Å². The van der Waals surface area contributed by atoms with Gasteiger partial charge in [-0.05, 0) is 43.7 Å². The van der Waals surface area contributed by atoms with Gasteiger partial charge in [-0.15, -0.1) is 0 Å². The third-order valence-electron chi connectivity index (χ3n) is 3.59. The second kappa shape index (κ2) is 9.91. The molecule has 0 aromatic heterocycles. The predicted molar refractivity (Wildman–Crippen MR) is 103 cm³/mol. The molecule has 0 bridgehead atoms. The van der Waals surface area contributed by atoms with Gasteiger partial charge >= 0.3 is 0 Å². The highest BCUT2D eigenvalue weighted by Crippen LogP contribution is 2.28. The van der Waals surface area contributed by atoms with Crippen molar-refractivity contribution in [1.29, 1.82) is 0 Å². The number of methoxy groups -OCH3 is 1. The number of carbonyl (C=O) groups excluding carboxylic acids is 1. The number of nitro benzene ring substituents is 1. The molecule has 2 aromatic carbocycles. The average Bonchev–Trinajstić information content (AvgIpc) is 2.69. The quantitative estimate of drug-likeness (QED) is 0.402. The molecule has 0 aliphatic carbocycles. The molecule has 1 amide bonds. The van der Waals surface area contributed by atoms with Crippen LogP contribution in [0.5, 0.6) is 17.2 Å². The molecule has 9 nitrogen and oxygen atoms in total. The van der Waals surface area contributed by atoms with E-state index >= 15 is 0 Å². The molecule has 0 fully saturated rings. The maximum absolute atomic E-state index is 12.3. The molecular formula is C19H21N3O6. The molecule has 0 spiro atoms. The van der Waals surface area contributed by atoms with Crippen molar-refractivity contribution in [3.63, 3.8) is 0 Å². The van der Waals surface area contributed by atoms with Crippen LogP contribution in [0.1, 0.15) is 29.8 Å². The molecule has 0 aliphatic rings. The van der Waals surface area contributed by atoms with E-state index in [2.05, 4.69) is 10.5 Å². The highest BCUT2D eigenvalue weighted by molar-refractivity contribution is 5.98. The fourth-order valence-corrected chi connectivity index (χ4v) is 2.36. The standard InChI is InChI=1S/C19H21N3O6/c1-4-27-17-8-6-13(10-18(17)28-5-2)12-20-21-19(23)15-11-14(22(24)25)7-9-16(15)26-3/h6-12H,4-5H2,1-3H3,(H,21,23)/b20-12-. The van der Waals surface area contributed by atoms with Crippen molar-refractivity contribution in [2.75, 3.05) is 20.3 Å². The second-order valence-corrected chi connectivity index (χ2v) is 5.41. The first-order chi connectivity index (χ1) is 13.5. The zero-order chi connectivity index (χ0) is 20.5. The van der Waals surface area contributed by atoms with E-state index in [-0.39, 0.29) is 17.0 Å². The Kier molecular flexibility index (Phi) is 7.32. The number of amides is 1. The number of nitrogens with one attached hydrogen (secondary N) is 1. The SMILES string of the molecule is CCOc1ccc(/C=N\NC(=O)c2cc([N+](=O)[O-])ccc2OC)cc1OCC. The van der Waals surface area contributed by atoms with Crippen LogP contribution in [0.3, 0.4) is 0 Å². The summed E-state index contributed by atoms with van der Waals surface area (Å²) in [4.78, 5) is 22.7. The highest BCUT2D eigenvalue weighted by Gasteiger charge is 2.17. The third kappa shape index (κ3) is 5.19. The molecule has 148 valence electrons. The summed E-state index contributed by atoms with van der Waals surface area (Å²) >= 11 is 0. The molecule has 0 aliphatic heterocycles. The smallest absolute Gasteiger partial charge is 0.275 e. The highest BCUT2D eigenvalue weighted by atomic mass is 16.6. The number of benzene rings is 2. The van der Waals surface area contributed by atoms with Crippen LogP contribution in [0.15, 0.2) is 41.5 Å². The van der Waals surface area contributed by atoms with E-state index in [9.17, 15) is 14.9 Å². The minimum absolute atomic E-state index is 0.00977. The Balaban J connectivity index is 2.16. The number of carbonyl (C=O) groups is 1. The lowest BCUT2D eigenvalue weighted by molar-refractivity contribution is -0.384. The van der Waals surface area contributed by atoms with Gasteiger partial charge in [0, 0.05) is 12.1 Å². The van der Waals surface area contributed by atoms with Crippen LogP contribution in [0.2, 0.25) is 0 Å². The van der Waals surface area contributed by atoms with Gasteiger partial charge in [-0.3, -0.25) is 14.9 Å². The number of hydrogen-bond acceptors (Lipinski definition) is 7. The van der Waals surface area contributed by atoms with E-state index < -0.39 is 10.8 Å². The number of ether oxygens (including phenoxy) is 3. The predicted octanol–water partition coefficient (Wildman–Crippen LogP) is 3.16. The van der Waals surface area contributed by atoms with Crippen molar-refractivity contribution in [3.8, 4) is 17.2 Å². The Hall–Kier alpha value is -3.62. The Morgan fingerprint density at radius 2 is 1.79 bits per heavy atom. The van der Waals surface area contributed by atoms with Gasteiger partial charge in [0.25, 0.3) is 11.6 Å². The van der Waals surface area contributed by atoms with Gasteiger partial charge in [0.1, 0.15) is 5.75 Å². The molecule has 0 atom stereocenters. The van der Waals surface area contributed by atoms with Crippen LogP contribution in [0.25, 0.3) is 0 Å². The fourth-order valence-electron chi connectivity index (χ4n) is 2.36. The van der Waals surface area contributed by atoms with Crippen LogP contribution in [-0.4, -0.2) is 37.4 Å². The zero-order valence-corrected chi connectivity index (χ0v) is 15.8. The summed E-state index contributed by atoms with van der Waals surface area (Å²) < 4.78 is 16.1. The maximum atomic E-state index is 12.3. The Labute approximate surface area is 162 Å². The van der Waals surface area contributed by atoms with Crippen LogP contribution in [0, 0.1) is 10.1 Å². The van der Waals surface area contributed by atoms with Crippen LogP contribution >= 0.6 is 0 Å². The van der Waals surface area contributed by atoms with Crippen molar-refractivity contribution >= 4 is 17.8 Å². The molecule has 1 N–H and O–H groups in total. The van der Waals surface area contributed by atoms with Crippen molar-refractivity contribution in [2.24, 2.45) is 5.10 Å². The molecular weight excluding hydrogens is 366 g/mol. The van der Waals surface area contributed by atoms with Crippen molar-refractivity contribution in [3.05, 3.63) is 57.6 Å². The average molecular weight is 387 g/mol. The molecule has 2 aromatic rings. The van der Waals surface area contributed by atoms with Gasteiger partial charge in [-0.25, -0.2) is 5.43 Å². The molecule has 0 saturated heterocycles. The Morgan fingerprint density at radius 3 is 2.43 bits per heavy atom. The van der Waals surface area contributed by atoms with Crippen molar-refractivity contribution < 1.29 is 23.9 Å². The minimum atomic E-state index is -0.632. The molecule has 2 rings (SSSR count). The fraction of sp³-hybridized carbons (Fsp3) is 0.263. The second-order valence-electron chi connectivity index (χ2n) is 5.41. The molecule has 9 heteroatoms. The minimum Gasteiger partial charge on any atom is -0.496 e. The summed E-state index contributed by atoms with van der Waals surface area (Å²) in [7, 11) is 1.37. The number of nitrogens with zero attached hydrogens (tertiary/aromatic N) is 2. The van der Waals surface area contributed by atoms with Gasteiger partial charge < -0.3 is 14.2 Å². The first-order valence-corrected chi connectivity index (χ1v) is 8.55. The summed E-state index contributed by atoms with van der Waals surface area (Å²) in [6.45, 7) is 4.73.